The molecule has 1 aromatic carbocycles. The first-order valence-electron chi connectivity index (χ1n) is 4.11. The van der Waals surface area contributed by atoms with Crippen molar-refractivity contribution < 1.29 is 9.90 Å². The quantitative estimate of drug-likeness (QED) is 0.825. The molecule has 0 bridgehead atoms. The molecule has 0 aliphatic carbocycles. The monoisotopic (exact) mass is 242 g/mol. The van der Waals surface area contributed by atoms with Crippen LogP contribution in [-0.2, 0) is 11.2 Å². The van der Waals surface area contributed by atoms with Crippen molar-refractivity contribution in [3.8, 4) is 0 Å². The summed E-state index contributed by atoms with van der Waals surface area (Å²) in [7, 11) is 0. The number of hydrogen-bond donors (Lipinski definition) is 1. The van der Waals surface area contributed by atoms with Crippen molar-refractivity contribution in [3.05, 3.63) is 35.9 Å². The van der Waals surface area contributed by atoms with E-state index in [1.807, 2.05) is 30.3 Å². The number of hydrogen-bond acceptors (Lipinski definition) is 1. The molecule has 1 N–H and O–H groups in total. The zero-order valence-corrected chi connectivity index (χ0v) is 8.70. The molecule has 0 aliphatic heterocycles. The van der Waals surface area contributed by atoms with E-state index in [2.05, 4.69) is 15.9 Å². The number of rotatable bonds is 4. The van der Waals surface area contributed by atoms with Crippen molar-refractivity contribution in [2.75, 3.05) is 0 Å². The normalized spacial score (nSPS) is 12.4. The first kappa shape index (κ1) is 10.3. The highest BCUT2D eigenvalue weighted by molar-refractivity contribution is 9.10. The lowest BCUT2D eigenvalue weighted by molar-refractivity contribution is -0.136. The van der Waals surface area contributed by atoms with Crippen molar-refractivity contribution in [2.24, 2.45) is 0 Å². The van der Waals surface area contributed by atoms with Crippen LogP contribution in [0, 0.1) is 0 Å². The summed E-state index contributed by atoms with van der Waals surface area (Å²) in [6.07, 6.45) is 1.42. The molecule has 1 atom stereocenters. The molecule has 0 spiro atoms. The molecule has 0 heterocycles. The minimum absolute atomic E-state index is 0.437. The van der Waals surface area contributed by atoms with Gasteiger partial charge in [0.15, 0.2) is 0 Å². The fourth-order valence-corrected chi connectivity index (χ4v) is 1.29. The van der Waals surface area contributed by atoms with Crippen LogP contribution in [0.15, 0.2) is 30.3 Å². The highest BCUT2D eigenvalue weighted by Crippen LogP contribution is 2.10. The summed E-state index contributed by atoms with van der Waals surface area (Å²) < 4.78 is 0. The summed E-state index contributed by atoms with van der Waals surface area (Å²) in [4.78, 5) is 10.0. The number of carboxylic acids is 1. The van der Waals surface area contributed by atoms with E-state index < -0.39 is 10.8 Å². The second-order valence-electron chi connectivity index (χ2n) is 2.83. The van der Waals surface area contributed by atoms with Gasteiger partial charge in [0.1, 0.15) is 4.83 Å². The van der Waals surface area contributed by atoms with E-state index in [0.29, 0.717) is 6.42 Å². The van der Waals surface area contributed by atoms with Gasteiger partial charge in [0.05, 0.1) is 0 Å². The van der Waals surface area contributed by atoms with E-state index in [9.17, 15) is 4.79 Å². The smallest absolute Gasteiger partial charge is 0.317 e. The molecule has 0 saturated carbocycles. The van der Waals surface area contributed by atoms with Crippen LogP contribution in [0.25, 0.3) is 0 Å². The first-order valence-corrected chi connectivity index (χ1v) is 5.02. The Morgan fingerprint density at radius 1 is 1.38 bits per heavy atom. The van der Waals surface area contributed by atoms with Gasteiger partial charge >= 0.3 is 5.97 Å². The van der Waals surface area contributed by atoms with Crippen LogP contribution in [0.3, 0.4) is 0 Å². The van der Waals surface area contributed by atoms with E-state index in [-0.39, 0.29) is 0 Å². The van der Waals surface area contributed by atoms with E-state index in [1.54, 1.807) is 0 Å². The third-order valence-electron chi connectivity index (χ3n) is 1.80. The second kappa shape index (κ2) is 5.02. The molecule has 70 valence electrons. The standard InChI is InChI=1S/C10H11BrO2/c11-9(10(12)13)7-6-8-4-2-1-3-5-8/h1-5,9H,6-7H2,(H,12,13)/t9-/m0/s1. The Morgan fingerprint density at radius 3 is 2.54 bits per heavy atom. The van der Waals surface area contributed by atoms with Gasteiger partial charge in [-0.1, -0.05) is 46.3 Å². The Kier molecular flexibility index (Phi) is 3.96. The zero-order valence-electron chi connectivity index (χ0n) is 7.11. The van der Waals surface area contributed by atoms with Gasteiger partial charge in [-0.2, -0.15) is 0 Å². The van der Waals surface area contributed by atoms with Gasteiger partial charge in [0.2, 0.25) is 0 Å². The molecule has 0 aliphatic rings. The maximum Gasteiger partial charge on any atom is 0.317 e. The Balaban J connectivity index is 2.39. The van der Waals surface area contributed by atoms with Crippen LogP contribution >= 0.6 is 15.9 Å². The molecule has 2 nitrogen and oxygen atoms in total. The third kappa shape index (κ3) is 3.59. The maximum absolute atomic E-state index is 10.5. The van der Waals surface area contributed by atoms with Crippen LogP contribution in [0.5, 0.6) is 0 Å². The van der Waals surface area contributed by atoms with Gasteiger partial charge in [0, 0.05) is 0 Å². The summed E-state index contributed by atoms with van der Waals surface area (Å²) in [6.45, 7) is 0. The van der Waals surface area contributed by atoms with Crippen LogP contribution < -0.4 is 0 Å². The van der Waals surface area contributed by atoms with E-state index >= 15 is 0 Å². The topological polar surface area (TPSA) is 37.3 Å². The minimum Gasteiger partial charge on any atom is -0.480 e. The average molecular weight is 243 g/mol. The van der Waals surface area contributed by atoms with Crippen molar-refractivity contribution in [3.63, 3.8) is 0 Å². The number of carboxylic acid groups (broad SMARTS) is 1. The molecule has 0 amide bonds. The molecule has 0 radical (unpaired) electrons. The second-order valence-corrected chi connectivity index (χ2v) is 3.94. The molecule has 0 saturated heterocycles. The predicted octanol–water partition coefficient (Wildman–Crippen LogP) is 2.47. The van der Waals surface area contributed by atoms with Crippen molar-refractivity contribution >= 4 is 21.9 Å². The highest BCUT2D eigenvalue weighted by atomic mass is 79.9. The van der Waals surface area contributed by atoms with Crippen LogP contribution in [0.2, 0.25) is 0 Å². The largest absolute Gasteiger partial charge is 0.480 e. The predicted molar refractivity (Wildman–Crippen MR) is 55.1 cm³/mol. The molecule has 1 aromatic rings. The maximum atomic E-state index is 10.5. The number of carbonyl (C=O) groups is 1. The van der Waals surface area contributed by atoms with Gasteiger partial charge in [-0.25, -0.2) is 0 Å². The first-order chi connectivity index (χ1) is 6.20. The number of alkyl halides is 1. The molecule has 3 heteroatoms. The minimum atomic E-state index is -0.795. The molecule has 1 rings (SSSR count). The highest BCUT2D eigenvalue weighted by Gasteiger charge is 2.11. The van der Waals surface area contributed by atoms with E-state index in [4.69, 9.17) is 5.11 Å². The fourth-order valence-electron chi connectivity index (χ4n) is 1.06. The van der Waals surface area contributed by atoms with Crippen molar-refractivity contribution in [1.29, 1.82) is 0 Å². The summed E-state index contributed by atoms with van der Waals surface area (Å²) in [6, 6.07) is 9.87. The van der Waals surface area contributed by atoms with E-state index in [0.717, 1.165) is 6.42 Å². The van der Waals surface area contributed by atoms with Crippen molar-refractivity contribution in [2.45, 2.75) is 17.7 Å². The Hall–Kier alpha value is -0.830. The zero-order chi connectivity index (χ0) is 9.68. The molecule has 0 aromatic heterocycles. The summed E-state index contributed by atoms with van der Waals surface area (Å²) >= 11 is 3.10. The molecule has 0 unspecified atom stereocenters. The fraction of sp³-hybridized carbons (Fsp3) is 0.300. The van der Waals surface area contributed by atoms with Crippen LogP contribution in [0.1, 0.15) is 12.0 Å². The summed E-state index contributed by atoms with van der Waals surface area (Å²) in [5.74, 6) is -0.795. The lowest BCUT2D eigenvalue weighted by Gasteiger charge is -2.03. The molecule has 13 heavy (non-hydrogen) atoms. The number of aliphatic carboxylic acids is 1. The van der Waals surface area contributed by atoms with Gasteiger partial charge < -0.3 is 5.11 Å². The lowest BCUT2D eigenvalue weighted by atomic mass is 10.1. The number of halogens is 1. The summed E-state index contributed by atoms with van der Waals surface area (Å²) in [5, 5.41) is 8.61. The average Bonchev–Trinajstić information content (AvgIpc) is 2.15. The van der Waals surface area contributed by atoms with Gasteiger partial charge in [-0.15, -0.1) is 0 Å². The van der Waals surface area contributed by atoms with Crippen molar-refractivity contribution in [1.82, 2.24) is 0 Å². The van der Waals surface area contributed by atoms with Crippen LogP contribution in [-0.4, -0.2) is 15.9 Å². The number of benzene rings is 1. The molecular formula is C10H11BrO2. The summed E-state index contributed by atoms with van der Waals surface area (Å²) in [5.41, 5.74) is 1.17. The molecule has 0 fully saturated rings. The lowest BCUT2D eigenvalue weighted by Crippen LogP contribution is -2.13. The Bertz CT molecular complexity index is 272. The van der Waals surface area contributed by atoms with E-state index in [1.165, 1.54) is 5.56 Å². The Labute approximate surface area is 85.7 Å². The van der Waals surface area contributed by atoms with Gasteiger partial charge in [-0.3, -0.25) is 4.79 Å². The Morgan fingerprint density at radius 2 is 2.00 bits per heavy atom. The number of aryl methyl sites for hydroxylation is 1. The molecular weight excluding hydrogens is 232 g/mol. The van der Waals surface area contributed by atoms with Gasteiger partial charge in [0.25, 0.3) is 0 Å². The SMILES string of the molecule is O=C(O)[C@@H](Br)CCc1ccccc1. The van der Waals surface area contributed by atoms with Gasteiger partial charge in [-0.05, 0) is 18.4 Å². The van der Waals surface area contributed by atoms with Crippen LogP contribution in [0.4, 0.5) is 0 Å². The third-order valence-corrected chi connectivity index (χ3v) is 2.65.